The predicted octanol–water partition coefficient (Wildman–Crippen LogP) is 1.59. The fraction of sp³-hybridized carbons (Fsp3) is 0.529. The second-order valence-electron chi connectivity index (χ2n) is 6.83. The van der Waals surface area contributed by atoms with Gasteiger partial charge in [-0.1, -0.05) is 6.07 Å². The fourth-order valence-electron chi connectivity index (χ4n) is 4.15. The van der Waals surface area contributed by atoms with Crippen molar-refractivity contribution < 1.29 is 0 Å². The summed E-state index contributed by atoms with van der Waals surface area (Å²) < 4.78 is 1.62. The molecule has 124 valence electrons. The molecule has 0 radical (unpaired) electrons. The van der Waals surface area contributed by atoms with E-state index in [0.717, 1.165) is 48.9 Å². The van der Waals surface area contributed by atoms with Crippen molar-refractivity contribution in [2.75, 3.05) is 13.1 Å². The summed E-state index contributed by atoms with van der Waals surface area (Å²) in [5, 5.41) is 0. The van der Waals surface area contributed by atoms with Crippen molar-refractivity contribution in [2.45, 2.75) is 32.4 Å². The van der Waals surface area contributed by atoms with Gasteiger partial charge in [0.2, 0.25) is 0 Å². The first-order chi connectivity index (χ1) is 10.6. The van der Waals surface area contributed by atoms with E-state index >= 15 is 0 Å². The zero-order valence-electron chi connectivity index (χ0n) is 13.3. The lowest BCUT2D eigenvalue weighted by molar-refractivity contribution is 0.295. The lowest BCUT2D eigenvalue weighted by Crippen LogP contribution is -2.30. The fourth-order valence-corrected chi connectivity index (χ4v) is 4.15. The molecule has 2 aliphatic rings. The lowest BCUT2D eigenvalue weighted by Gasteiger charge is -2.18. The van der Waals surface area contributed by atoms with Crippen LogP contribution in [0.2, 0.25) is 0 Å². The maximum absolute atomic E-state index is 12.3. The molecular formula is C17H23ClN4O. The highest BCUT2D eigenvalue weighted by Crippen LogP contribution is 2.37. The van der Waals surface area contributed by atoms with Gasteiger partial charge < -0.3 is 5.73 Å². The molecule has 1 saturated carbocycles. The molecule has 6 heteroatoms. The van der Waals surface area contributed by atoms with E-state index < -0.39 is 0 Å². The minimum absolute atomic E-state index is 0. The normalized spacial score (nSPS) is 27.1. The van der Waals surface area contributed by atoms with Crippen molar-refractivity contribution in [1.82, 2.24) is 14.3 Å². The number of halogens is 1. The number of hydrogen-bond donors (Lipinski definition) is 1. The number of aromatic nitrogens is 2. The van der Waals surface area contributed by atoms with Gasteiger partial charge in [0.15, 0.2) is 0 Å². The third-order valence-corrected chi connectivity index (χ3v) is 5.31. The Balaban J connectivity index is 0.00000156. The van der Waals surface area contributed by atoms with E-state index in [1.54, 1.807) is 16.7 Å². The number of nitrogens with zero attached hydrogens (tertiary/aromatic N) is 3. The van der Waals surface area contributed by atoms with Gasteiger partial charge in [-0.25, -0.2) is 4.98 Å². The molecule has 0 aromatic carbocycles. The molecule has 4 rings (SSSR count). The Morgan fingerprint density at radius 1 is 1.35 bits per heavy atom. The molecule has 0 bridgehead atoms. The summed E-state index contributed by atoms with van der Waals surface area (Å²) in [4.78, 5) is 19.4. The minimum atomic E-state index is -0.000192. The van der Waals surface area contributed by atoms with Crippen LogP contribution in [0.1, 0.15) is 24.1 Å². The number of fused-ring (bicyclic) bond motifs is 2. The highest BCUT2D eigenvalue weighted by atomic mass is 35.5. The number of rotatable bonds is 2. The third-order valence-electron chi connectivity index (χ3n) is 5.31. The molecule has 3 atom stereocenters. The van der Waals surface area contributed by atoms with E-state index in [0.29, 0.717) is 12.0 Å². The van der Waals surface area contributed by atoms with Crippen LogP contribution in [0, 0.1) is 18.8 Å². The first kappa shape index (κ1) is 16.4. The van der Waals surface area contributed by atoms with E-state index in [2.05, 4.69) is 4.90 Å². The topological polar surface area (TPSA) is 63.6 Å². The molecule has 0 spiro atoms. The van der Waals surface area contributed by atoms with Gasteiger partial charge in [-0.15, -0.1) is 12.4 Å². The van der Waals surface area contributed by atoms with Gasteiger partial charge in [0, 0.05) is 37.9 Å². The van der Waals surface area contributed by atoms with Crippen molar-refractivity contribution >= 4 is 18.1 Å². The van der Waals surface area contributed by atoms with Gasteiger partial charge >= 0.3 is 0 Å². The van der Waals surface area contributed by atoms with Crippen LogP contribution in [-0.4, -0.2) is 33.4 Å². The average molecular weight is 335 g/mol. The number of nitrogens with two attached hydrogens (primary N) is 1. The number of aryl methyl sites for hydroxylation is 1. The maximum Gasteiger partial charge on any atom is 0.258 e. The van der Waals surface area contributed by atoms with Gasteiger partial charge in [-0.2, -0.15) is 0 Å². The monoisotopic (exact) mass is 334 g/mol. The molecule has 23 heavy (non-hydrogen) atoms. The Hall–Kier alpha value is -1.43. The van der Waals surface area contributed by atoms with Crippen LogP contribution < -0.4 is 11.3 Å². The standard InChI is InChI=1S/C17H22N4O.ClH/c1-11-3-2-6-21-16(22)7-13(19-17(11)21)9-20-8-12-4-5-15(18)14(12)10-20;/h2-3,6-7,12,14-15H,4-5,8-10,18H2,1H3;1H. The Morgan fingerprint density at radius 3 is 2.96 bits per heavy atom. The van der Waals surface area contributed by atoms with E-state index in [1.807, 2.05) is 19.1 Å². The summed E-state index contributed by atoms with van der Waals surface area (Å²) in [5.74, 6) is 1.36. The molecular weight excluding hydrogens is 312 g/mol. The first-order valence-electron chi connectivity index (χ1n) is 8.07. The molecule has 3 heterocycles. The molecule has 2 fully saturated rings. The molecule has 1 aliphatic heterocycles. The van der Waals surface area contributed by atoms with E-state index in [4.69, 9.17) is 10.7 Å². The average Bonchev–Trinajstić information content (AvgIpc) is 3.02. The molecule has 0 amide bonds. The Kier molecular flexibility index (Phi) is 4.45. The smallest absolute Gasteiger partial charge is 0.258 e. The van der Waals surface area contributed by atoms with Crippen LogP contribution in [0.25, 0.3) is 5.65 Å². The summed E-state index contributed by atoms with van der Waals surface area (Å²) in [7, 11) is 0. The zero-order chi connectivity index (χ0) is 15.3. The Labute approximate surface area is 141 Å². The van der Waals surface area contributed by atoms with Gasteiger partial charge in [0.05, 0.1) is 5.69 Å². The predicted molar refractivity (Wildman–Crippen MR) is 92.9 cm³/mol. The number of pyridine rings is 1. The summed E-state index contributed by atoms with van der Waals surface area (Å²) in [5.41, 5.74) is 8.86. The second-order valence-corrected chi connectivity index (χ2v) is 6.83. The molecule has 5 nitrogen and oxygen atoms in total. The van der Waals surface area contributed by atoms with Crippen LogP contribution in [0.5, 0.6) is 0 Å². The molecule has 3 unspecified atom stereocenters. The maximum atomic E-state index is 12.3. The van der Waals surface area contributed by atoms with Gasteiger partial charge in [-0.05, 0) is 43.2 Å². The largest absolute Gasteiger partial charge is 0.327 e. The molecule has 1 aliphatic carbocycles. The molecule has 2 N–H and O–H groups in total. The van der Waals surface area contributed by atoms with Crippen LogP contribution in [0.4, 0.5) is 0 Å². The van der Waals surface area contributed by atoms with Gasteiger partial charge in [0.1, 0.15) is 5.65 Å². The summed E-state index contributed by atoms with van der Waals surface area (Å²) in [6, 6.07) is 5.90. The first-order valence-corrected chi connectivity index (χ1v) is 8.07. The highest BCUT2D eigenvalue weighted by Gasteiger charge is 2.40. The summed E-state index contributed by atoms with van der Waals surface area (Å²) in [6.07, 6.45) is 4.19. The van der Waals surface area contributed by atoms with Crippen LogP contribution >= 0.6 is 12.4 Å². The number of likely N-dealkylation sites (tertiary alicyclic amines) is 1. The van der Waals surface area contributed by atoms with Gasteiger partial charge in [-0.3, -0.25) is 14.1 Å². The summed E-state index contributed by atoms with van der Waals surface area (Å²) in [6.45, 7) is 4.87. The van der Waals surface area contributed by atoms with Crippen LogP contribution in [0.15, 0.2) is 29.2 Å². The molecule has 1 saturated heterocycles. The van der Waals surface area contributed by atoms with Crippen molar-refractivity contribution in [3.05, 3.63) is 46.0 Å². The lowest BCUT2D eigenvalue weighted by atomic mass is 9.98. The Morgan fingerprint density at radius 2 is 2.17 bits per heavy atom. The SMILES string of the molecule is Cc1cccn2c(=O)cc(CN3CC4CCC(N)C4C3)nc12.Cl. The highest BCUT2D eigenvalue weighted by molar-refractivity contribution is 5.85. The van der Waals surface area contributed by atoms with Crippen LogP contribution in [-0.2, 0) is 6.54 Å². The van der Waals surface area contributed by atoms with E-state index in [-0.39, 0.29) is 18.0 Å². The van der Waals surface area contributed by atoms with E-state index in [1.165, 1.54) is 6.42 Å². The minimum Gasteiger partial charge on any atom is -0.327 e. The second kappa shape index (κ2) is 6.23. The Bertz CT molecular complexity index is 775. The van der Waals surface area contributed by atoms with Crippen molar-refractivity contribution in [3.63, 3.8) is 0 Å². The van der Waals surface area contributed by atoms with Crippen LogP contribution in [0.3, 0.4) is 0 Å². The quantitative estimate of drug-likeness (QED) is 0.906. The van der Waals surface area contributed by atoms with Gasteiger partial charge in [0.25, 0.3) is 5.56 Å². The number of hydrogen-bond acceptors (Lipinski definition) is 4. The van der Waals surface area contributed by atoms with Crippen molar-refractivity contribution in [3.8, 4) is 0 Å². The van der Waals surface area contributed by atoms with Crippen molar-refractivity contribution in [1.29, 1.82) is 0 Å². The summed E-state index contributed by atoms with van der Waals surface area (Å²) >= 11 is 0. The molecule has 2 aromatic rings. The molecule has 2 aromatic heterocycles. The van der Waals surface area contributed by atoms with E-state index in [9.17, 15) is 4.79 Å². The zero-order valence-corrected chi connectivity index (χ0v) is 14.1. The van der Waals surface area contributed by atoms with Crippen molar-refractivity contribution in [2.24, 2.45) is 17.6 Å². The third kappa shape index (κ3) is 2.89.